The monoisotopic (exact) mass is 920 g/mol. The number of hydrogen-bond donors (Lipinski definition) is 5. The zero-order chi connectivity index (χ0) is 45.5. The zero-order valence-electron chi connectivity index (χ0n) is 31.5. The molecule has 3 rings (SSSR count). The Morgan fingerprint density at radius 1 is 0.700 bits per heavy atom. The van der Waals surface area contributed by atoms with Gasteiger partial charge in [0.1, 0.15) is 0 Å². The van der Waals surface area contributed by atoms with Gasteiger partial charge in [-0.15, -0.1) is 5.10 Å². The molecule has 0 aliphatic rings. The summed E-state index contributed by atoms with van der Waals surface area (Å²) in [7, 11) is -4.37. The van der Waals surface area contributed by atoms with E-state index in [0.717, 1.165) is 0 Å². The predicted octanol–water partition coefficient (Wildman–Crippen LogP) is 3.41. The van der Waals surface area contributed by atoms with Gasteiger partial charge < -0.3 is 21.5 Å². The van der Waals surface area contributed by atoms with Crippen LogP contribution in [0, 0.1) is 34.0 Å². The maximum absolute atomic E-state index is 12.5. The van der Waals surface area contributed by atoms with Gasteiger partial charge in [-0.1, -0.05) is 29.8 Å². The lowest BCUT2D eigenvalue weighted by atomic mass is 10.2. The lowest BCUT2D eigenvalue weighted by Crippen LogP contribution is -3.11. The third-order valence-corrected chi connectivity index (χ3v) is 7.09. The number of hydrazine groups is 1. The van der Waals surface area contributed by atoms with Crippen molar-refractivity contribution < 1.29 is 74.2 Å². The van der Waals surface area contributed by atoms with Crippen molar-refractivity contribution in [1.82, 2.24) is 5.43 Å². The van der Waals surface area contributed by atoms with Crippen molar-refractivity contribution in [3.05, 3.63) is 89.5 Å². The Kier molecular flexibility index (Phi) is 25.1. The molecule has 0 aromatic heterocycles. The van der Waals surface area contributed by atoms with Crippen LogP contribution in [0.1, 0.15) is 37.5 Å². The van der Waals surface area contributed by atoms with Gasteiger partial charge in [-0.25, -0.2) is 0 Å². The smallest absolute Gasteiger partial charge is 0.472 e. The number of anilines is 3. The number of nitrogens with zero attached hydrogens (tertiary/aromatic N) is 5. The van der Waals surface area contributed by atoms with Gasteiger partial charge in [-0.3, -0.25) is 26.5 Å². The summed E-state index contributed by atoms with van der Waals surface area (Å²) < 4.78 is 134. The molecule has 0 aliphatic carbocycles. The molecule has 1 amide bonds. The Labute approximate surface area is 349 Å². The molecule has 0 saturated carbocycles. The molecular formula is C34H35Cl2F9N10O4S. The summed E-state index contributed by atoms with van der Waals surface area (Å²) in [5.74, 6) is -4.06. The fourth-order valence-corrected chi connectivity index (χ4v) is 3.96. The predicted molar refractivity (Wildman–Crippen MR) is 200 cm³/mol. The number of nitrogens with one attached hydrogen (secondary N) is 5. The molecule has 0 fully saturated rings. The number of halogens is 11. The molecule has 0 heterocycles. The van der Waals surface area contributed by atoms with Crippen LogP contribution in [0.5, 0.6) is 0 Å². The molecule has 0 bridgehead atoms. The minimum Gasteiger partial charge on any atom is -1.00 e. The fourth-order valence-electron chi connectivity index (χ4n) is 3.50. The molecule has 26 heteroatoms. The van der Waals surface area contributed by atoms with Crippen molar-refractivity contribution in [1.29, 1.82) is 15.8 Å². The number of alkyl halides is 9. The van der Waals surface area contributed by atoms with E-state index in [2.05, 4.69) is 46.0 Å². The topological polar surface area (TPSA) is 209 Å². The van der Waals surface area contributed by atoms with Crippen LogP contribution < -0.4 is 39.0 Å². The van der Waals surface area contributed by atoms with Crippen LogP contribution in [-0.4, -0.2) is 69.8 Å². The van der Waals surface area contributed by atoms with Crippen molar-refractivity contribution >= 4 is 55.8 Å². The number of hydrazone groups is 2. The number of quaternary nitrogens is 1. The van der Waals surface area contributed by atoms with Gasteiger partial charge in [0.15, 0.2) is 0 Å². The molecule has 0 saturated heterocycles. The molecule has 3 aromatic rings. The lowest BCUT2D eigenvalue weighted by molar-refractivity contribution is -0.894. The molecule has 5 N–H and O–H groups in total. The highest BCUT2D eigenvalue weighted by atomic mass is 35.5. The van der Waals surface area contributed by atoms with Gasteiger partial charge in [0, 0.05) is 0 Å². The largest absolute Gasteiger partial charge is 1.00 e. The van der Waals surface area contributed by atoms with E-state index in [1.54, 1.807) is 11.0 Å². The normalized spacial score (nSPS) is 11.4. The second-order valence-electron chi connectivity index (χ2n) is 10.8. The van der Waals surface area contributed by atoms with Gasteiger partial charge >= 0.3 is 40.5 Å². The highest BCUT2D eigenvalue weighted by molar-refractivity contribution is 7.86. The number of carbonyl (C=O) groups excluding carboxylic acids is 1. The van der Waals surface area contributed by atoms with E-state index in [9.17, 15) is 52.7 Å². The Hall–Kier alpha value is -6.00. The minimum absolute atomic E-state index is 0. The van der Waals surface area contributed by atoms with Crippen LogP contribution >= 0.6 is 11.6 Å². The molecule has 0 atom stereocenters. The summed E-state index contributed by atoms with van der Waals surface area (Å²) in [5.41, 5.74) is 8.90. The van der Waals surface area contributed by atoms with E-state index < -0.39 is 45.6 Å². The fraction of sp³-hybridized carbons (Fsp3) is 0.294. The van der Waals surface area contributed by atoms with Gasteiger partial charge in [0.2, 0.25) is 5.17 Å². The molecule has 0 spiro atoms. The van der Waals surface area contributed by atoms with Gasteiger partial charge in [-0.05, 0) is 75.4 Å². The Morgan fingerprint density at radius 2 is 1.08 bits per heavy atom. The Morgan fingerprint density at radius 3 is 1.40 bits per heavy atom. The SMILES string of the molecule is CC[NH+](CC)CC.CS(=O)(=O)O/C(=N\Nc1cccc(C#N)c1)C(F)(F)F.N#Cc1cccc(N/N=C(\Cl)C(F)(F)F)c1.N#Cc1cccc(NNC(=O)C(F)(F)F)c1.[Cl-]. The molecule has 0 aliphatic heterocycles. The lowest BCUT2D eigenvalue weighted by Gasteiger charge is -2.10. The van der Waals surface area contributed by atoms with E-state index in [1.807, 2.05) is 17.6 Å². The molecule has 14 nitrogen and oxygen atoms in total. The number of benzene rings is 3. The van der Waals surface area contributed by atoms with Gasteiger partial charge in [0.05, 0.1) is 77.9 Å². The van der Waals surface area contributed by atoms with Crippen molar-refractivity contribution in [2.45, 2.75) is 39.3 Å². The van der Waals surface area contributed by atoms with Crippen molar-refractivity contribution in [3.63, 3.8) is 0 Å². The standard InChI is InChI=1S/C10H8F3N3O3S.C9H5ClF3N3.C9H6F3N3O.C6H15N.ClH/c1-20(17,18)19-9(10(11,12)13)16-15-8-4-2-3-7(5-8)6-14;10-8(9(11,12)13)16-15-7-3-1-2-6(4-7)5-14;10-9(11,12)8(16)15-14-7-3-1-2-6(4-7)5-13;1-4-7(5-2)6-3;/h2-5,15H,1H3;1-4,15H;1-4,14H,(H,15,16);4-6H2,1-3H3;1H/b16-9-;16-8-;;;. The zero-order valence-corrected chi connectivity index (χ0v) is 33.8. The number of amides is 1. The van der Waals surface area contributed by atoms with Gasteiger partial charge in [0.25, 0.3) is 0 Å². The highest BCUT2D eigenvalue weighted by Gasteiger charge is 2.41. The summed E-state index contributed by atoms with van der Waals surface area (Å²) in [6.07, 6.45) is -14.2. The average Bonchev–Trinajstić information content (AvgIpc) is 3.17. The number of hydrogen-bond acceptors (Lipinski definition) is 12. The van der Waals surface area contributed by atoms with Crippen LogP contribution in [-0.2, 0) is 19.1 Å². The van der Waals surface area contributed by atoms with Crippen LogP contribution in [0.4, 0.5) is 56.6 Å². The van der Waals surface area contributed by atoms with E-state index in [4.69, 9.17) is 27.4 Å². The first-order valence-corrected chi connectivity index (χ1v) is 18.4. The molecule has 0 unspecified atom stereocenters. The van der Waals surface area contributed by atoms with Gasteiger partial charge in [-0.2, -0.15) is 68.8 Å². The summed E-state index contributed by atoms with van der Waals surface area (Å²) in [4.78, 5) is 12.1. The summed E-state index contributed by atoms with van der Waals surface area (Å²) >= 11 is 4.88. The first-order valence-electron chi connectivity index (χ1n) is 16.2. The van der Waals surface area contributed by atoms with Crippen LogP contribution in [0.15, 0.2) is 83.0 Å². The summed E-state index contributed by atoms with van der Waals surface area (Å²) in [6.45, 7) is 10.5. The number of carbonyl (C=O) groups is 1. The highest BCUT2D eigenvalue weighted by Crippen LogP contribution is 2.22. The Balaban J connectivity index is 0. The van der Waals surface area contributed by atoms with Crippen LogP contribution in [0.25, 0.3) is 0 Å². The van der Waals surface area contributed by atoms with Crippen molar-refractivity contribution in [2.24, 2.45) is 10.2 Å². The van der Waals surface area contributed by atoms with E-state index in [1.165, 1.54) is 97.9 Å². The quantitative estimate of drug-likeness (QED) is 0.0659. The van der Waals surface area contributed by atoms with E-state index >= 15 is 0 Å². The average molecular weight is 922 g/mol. The van der Waals surface area contributed by atoms with E-state index in [-0.39, 0.29) is 40.6 Å². The minimum atomic E-state index is -5.08. The van der Waals surface area contributed by atoms with E-state index in [0.29, 0.717) is 11.8 Å². The summed E-state index contributed by atoms with van der Waals surface area (Å²) in [5, 5.41) is 30.0. The molecule has 3 aromatic carbocycles. The second-order valence-corrected chi connectivity index (χ2v) is 12.7. The maximum atomic E-state index is 12.5. The molecular weight excluding hydrogens is 886 g/mol. The molecule has 328 valence electrons. The molecule has 60 heavy (non-hydrogen) atoms. The maximum Gasteiger partial charge on any atom is 0.472 e. The van der Waals surface area contributed by atoms with Crippen LogP contribution in [0.2, 0.25) is 0 Å². The third kappa shape index (κ3) is 24.7. The first kappa shape index (κ1) is 56.1. The third-order valence-electron chi connectivity index (χ3n) is 6.33. The first-order chi connectivity index (χ1) is 27.3. The Bertz CT molecular complexity index is 2110. The van der Waals surface area contributed by atoms with Crippen molar-refractivity contribution in [2.75, 3.05) is 42.2 Å². The number of rotatable bonds is 10. The molecule has 0 radical (unpaired) electrons. The van der Waals surface area contributed by atoms with Crippen LogP contribution in [0.3, 0.4) is 0 Å². The van der Waals surface area contributed by atoms with Crippen molar-refractivity contribution in [3.8, 4) is 18.2 Å². The number of nitriles is 3. The summed E-state index contributed by atoms with van der Waals surface area (Å²) in [6, 6.07) is 22.4. The second kappa shape index (κ2) is 26.9.